The molecule has 0 spiro atoms. The standard InChI is InChI=1S/C15H30O3/c1-7-8-13(2)15(6,18-12-10-16)9-11-17-14(3,4)5/h10,13H,7-9,11-12H2,1-6H3. The maximum Gasteiger partial charge on any atom is 0.145 e. The molecule has 0 radical (unpaired) electrons. The van der Waals surface area contributed by atoms with Crippen molar-refractivity contribution in [2.45, 2.75) is 72.0 Å². The van der Waals surface area contributed by atoms with E-state index in [0.29, 0.717) is 12.5 Å². The molecule has 0 aromatic carbocycles. The van der Waals surface area contributed by atoms with Crippen LogP contribution in [0.4, 0.5) is 0 Å². The Bertz CT molecular complexity index is 232. The average molecular weight is 258 g/mol. The Morgan fingerprint density at radius 1 is 1.17 bits per heavy atom. The number of hydrogen-bond donors (Lipinski definition) is 0. The van der Waals surface area contributed by atoms with E-state index in [1.54, 1.807) is 0 Å². The van der Waals surface area contributed by atoms with Gasteiger partial charge in [0.2, 0.25) is 0 Å². The summed E-state index contributed by atoms with van der Waals surface area (Å²) in [5.74, 6) is 0.422. The molecule has 108 valence electrons. The molecule has 0 heterocycles. The Kier molecular flexibility index (Phi) is 7.72. The number of rotatable bonds is 9. The van der Waals surface area contributed by atoms with Crippen molar-refractivity contribution in [2.24, 2.45) is 5.92 Å². The van der Waals surface area contributed by atoms with Crippen molar-refractivity contribution in [2.75, 3.05) is 13.2 Å². The average Bonchev–Trinajstić information content (AvgIpc) is 2.25. The van der Waals surface area contributed by atoms with E-state index in [4.69, 9.17) is 9.47 Å². The predicted octanol–water partition coefficient (Wildman–Crippen LogP) is 3.60. The van der Waals surface area contributed by atoms with E-state index >= 15 is 0 Å². The van der Waals surface area contributed by atoms with Gasteiger partial charge in [-0.15, -0.1) is 0 Å². The van der Waals surface area contributed by atoms with Gasteiger partial charge >= 0.3 is 0 Å². The third-order valence-corrected chi connectivity index (χ3v) is 3.38. The quantitative estimate of drug-likeness (QED) is 0.593. The molecule has 0 fully saturated rings. The van der Waals surface area contributed by atoms with Crippen LogP contribution in [0.15, 0.2) is 0 Å². The Morgan fingerprint density at radius 3 is 2.22 bits per heavy atom. The zero-order chi connectivity index (χ0) is 14.2. The van der Waals surface area contributed by atoms with Crippen LogP contribution in [0.25, 0.3) is 0 Å². The number of hydrogen-bond acceptors (Lipinski definition) is 3. The van der Waals surface area contributed by atoms with E-state index in [0.717, 1.165) is 25.5 Å². The van der Waals surface area contributed by atoms with Crippen molar-refractivity contribution < 1.29 is 14.3 Å². The minimum Gasteiger partial charge on any atom is -0.376 e. The Balaban J connectivity index is 4.41. The van der Waals surface area contributed by atoms with Crippen LogP contribution < -0.4 is 0 Å². The van der Waals surface area contributed by atoms with Gasteiger partial charge in [-0.2, -0.15) is 0 Å². The van der Waals surface area contributed by atoms with Gasteiger partial charge in [0.05, 0.1) is 17.8 Å². The Hall–Kier alpha value is -0.410. The summed E-state index contributed by atoms with van der Waals surface area (Å²) in [6.45, 7) is 13.4. The highest BCUT2D eigenvalue weighted by atomic mass is 16.5. The summed E-state index contributed by atoms with van der Waals surface area (Å²) in [6, 6.07) is 0. The van der Waals surface area contributed by atoms with Gasteiger partial charge in [0.1, 0.15) is 12.9 Å². The SMILES string of the molecule is CCCC(C)C(C)(CCOC(C)(C)C)OCC=O. The lowest BCUT2D eigenvalue weighted by atomic mass is 9.84. The van der Waals surface area contributed by atoms with Gasteiger partial charge in [-0.1, -0.05) is 20.3 Å². The van der Waals surface area contributed by atoms with Crippen LogP contribution in [-0.2, 0) is 14.3 Å². The van der Waals surface area contributed by atoms with Gasteiger partial charge in [0, 0.05) is 0 Å². The van der Waals surface area contributed by atoms with E-state index in [-0.39, 0.29) is 17.8 Å². The maximum absolute atomic E-state index is 10.5. The minimum absolute atomic E-state index is 0.125. The van der Waals surface area contributed by atoms with Crippen molar-refractivity contribution in [1.29, 1.82) is 0 Å². The first-order chi connectivity index (χ1) is 8.25. The second-order valence-corrected chi connectivity index (χ2v) is 6.19. The molecule has 0 saturated heterocycles. The third-order valence-electron chi connectivity index (χ3n) is 3.38. The maximum atomic E-state index is 10.5. The molecule has 0 rings (SSSR count). The molecule has 0 aromatic heterocycles. The first-order valence-electron chi connectivity index (χ1n) is 6.96. The van der Waals surface area contributed by atoms with Crippen LogP contribution >= 0.6 is 0 Å². The molecule has 3 nitrogen and oxygen atoms in total. The van der Waals surface area contributed by atoms with E-state index in [1.165, 1.54) is 0 Å². The van der Waals surface area contributed by atoms with Crippen LogP contribution in [0.1, 0.15) is 60.8 Å². The first kappa shape index (κ1) is 17.6. The van der Waals surface area contributed by atoms with Crippen molar-refractivity contribution in [1.82, 2.24) is 0 Å². The zero-order valence-electron chi connectivity index (χ0n) is 12.9. The Labute approximate surface area is 112 Å². The van der Waals surface area contributed by atoms with Crippen molar-refractivity contribution in [3.05, 3.63) is 0 Å². The molecule has 18 heavy (non-hydrogen) atoms. The molecule has 2 unspecified atom stereocenters. The lowest BCUT2D eigenvalue weighted by Crippen LogP contribution is -2.39. The smallest absolute Gasteiger partial charge is 0.145 e. The Morgan fingerprint density at radius 2 is 1.78 bits per heavy atom. The number of aldehydes is 1. The second kappa shape index (κ2) is 7.90. The first-order valence-corrected chi connectivity index (χ1v) is 6.96. The van der Waals surface area contributed by atoms with Crippen molar-refractivity contribution in [3.8, 4) is 0 Å². The summed E-state index contributed by atoms with van der Waals surface area (Å²) in [7, 11) is 0. The summed E-state index contributed by atoms with van der Waals surface area (Å²) < 4.78 is 11.5. The molecule has 0 aromatic rings. The summed E-state index contributed by atoms with van der Waals surface area (Å²) in [5.41, 5.74) is -0.401. The molecule has 0 aliphatic heterocycles. The molecule has 0 aliphatic rings. The topological polar surface area (TPSA) is 35.5 Å². The van der Waals surface area contributed by atoms with E-state index in [2.05, 4.69) is 20.8 Å². The van der Waals surface area contributed by atoms with Gasteiger partial charge in [0.25, 0.3) is 0 Å². The highest BCUT2D eigenvalue weighted by Gasteiger charge is 2.31. The van der Waals surface area contributed by atoms with E-state index in [9.17, 15) is 4.79 Å². The van der Waals surface area contributed by atoms with Crippen LogP contribution in [0, 0.1) is 5.92 Å². The predicted molar refractivity (Wildman–Crippen MR) is 74.8 cm³/mol. The molecule has 3 heteroatoms. The van der Waals surface area contributed by atoms with E-state index in [1.807, 2.05) is 20.8 Å². The van der Waals surface area contributed by atoms with Crippen LogP contribution in [0.5, 0.6) is 0 Å². The normalized spacial score (nSPS) is 17.2. The summed E-state index contributed by atoms with van der Waals surface area (Å²) >= 11 is 0. The van der Waals surface area contributed by atoms with Crippen molar-refractivity contribution in [3.63, 3.8) is 0 Å². The zero-order valence-corrected chi connectivity index (χ0v) is 12.9. The molecular weight excluding hydrogens is 228 g/mol. The third kappa shape index (κ3) is 7.12. The van der Waals surface area contributed by atoms with Crippen LogP contribution in [-0.4, -0.2) is 30.7 Å². The van der Waals surface area contributed by atoms with Crippen LogP contribution in [0.2, 0.25) is 0 Å². The fourth-order valence-corrected chi connectivity index (χ4v) is 1.98. The van der Waals surface area contributed by atoms with Gasteiger partial charge in [-0.05, 0) is 46.5 Å². The largest absolute Gasteiger partial charge is 0.376 e. The van der Waals surface area contributed by atoms with Gasteiger partial charge in [0.15, 0.2) is 0 Å². The molecule has 0 amide bonds. The summed E-state index contributed by atoms with van der Waals surface area (Å²) in [5, 5.41) is 0. The van der Waals surface area contributed by atoms with Crippen LogP contribution in [0.3, 0.4) is 0 Å². The van der Waals surface area contributed by atoms with Gasteiger partial charge in [-0.25, -0.2) is 0 Å². The molecule has 0 saturated carbocycles. The lowest BCUT2D eigenvalue weighted by molar-refractivity contribution is -0.129. The van der Waals surface area contributed by atoms with Gasteiger partial charge < -0.3 is 14.3 Å². The van der Waals surface area contributed by atoms with E-state index < -0.39 is 0 Å². The minimum atomic E-state index is -0.276. The number of carbonyl (C=O) groups excluding carboxylic acids is 1. The number of ether oxygens (including phenoxy) is 2. The molecule has 0 bridgehead atoms. The molecular formula is C15H30O3. The molecule has 0 aliphatic carbocycles. The second-order valence-electron chi connectivity index (χ2n) is 6.19. The molecule has 0 N–H and O–H groups in total. The van der Waals surface area contributed by atoms with Crippen molar-refractivity contribution >= 4 is 6.29 Å². The molecule has 2 atom stereocenters. The summed E-state index contributed by atoms with van der Waals surface area (Å²) in [4.78, 5) is 10.5. The fraction of sp³-hybridized carbons (Fsp3) is 0.933. The highest BCUT2D eigenvalue weighted by Crippen LogP contribution is 2.29. The fourth-order valence-electron chi connectivity index (χ4n) is 1.98. The number of carbonyl (C=O) groups is 1. The summed E-state index contributed by atoms with van der Waals surface area (Å²) in [6.07, 6.45) is 3.87. The monoisotopic (exact) mass is 258 g/mol. The lowest BCUT2D eigenvalue weighted by Gasteiger charge is -2.36. The highest BCUT2D eigenvalue weighted by molar-refractivity contribution is 5.50. The van der Waals surface area contributed by atoms with Gasteiger partial charge in [-0.3, -0.25) is 0 Å².